The maximum Gasteiger partial charge on any atom is 0.325 e. The van der Waals surface area contributed by atoms with Gasteiger partial charge in [-0.1, -0.05) is 34.1 Å². The van der Waals surface area contributed by atoms with Crippen molar-refractivity contribution in [1.82, 2.24) is 20.1 Å². The minimum absolute atomic E-state index is 0.0210. The van der Waals surface area contributed by atoms with Crippen molar-refractivity contribution in [3.8, 4) is 5.75 Å². The molecule has 0 radical (unpaired) electrons. The molecule has 2 fully saturated rings. The molecule has 182 valence electrons. The molecule has 6 nitrogen and oxygen atoms in total. The number of nitrogens with zero attached hydrogens (tertiary/aromatic N) is 2. The summed E-state index contributed by atoms with van der Waals surface area (Å²) < 4.78 is 1.03. The number of aromatic hydroxyl groups is 1. The highest BCUT2D eigenvalue weighted by atomic mass is 79.9. The third kappa shape index (κ3) is 3.67. The lowest BCUT2D eigenvalue weighted by atomic mass is 9.79. The molecule has 2 aromatic carbocycles. The molecule has 1 aliphatic carbocycles. The zero-order valence-corrected chi connectivity index (χ0v) is 21.7. The van der Waals surface area contributed by atoms with Crippen molar-refractivity contribution in [2.45, 2.75) is 44.7 Å². The first-order valence-electron chi connectivity index (χ1n) is 12.5. The number of rotatable bonds is 6. The second-order valence-electron chi connectivity index (χ2n) is 10.3. The maximum atomic E-state index is 14.1. The van der Waals surface area contributed by atoms with E-state index in [1.807, 2.05) is 34.9 Å². The standard InChI is InChI=1S/C28H31BrN4O2/c1-3-24-28(2)15-22-21-14-19(29)9-10-23(21)31-25(22)26(18-5-4-6-20(34)13-18)33(28)27(35)32(24)12-11-30-16-17-7-8-17/h3-6,9-10,13-14,17,26,30-31,34H,7-8,11-12,15-16H2,1-2H3/b24-3-/t26-,28+/m1/s1. The van der Waals surface area contributed by atoms with E-state index in [9.17, 15) is 9.90 Å². The number of fused-ring (bicyclic) bond motifs is 4. The monoisotopic (exact) mass is 534 g/mol. The minimum atomic E-state index is -0.497. The molecule has 3 N–H and O–H groups in total. The predicted molar refractivity (Wildman–Crippen MR) is 141 cm³/mol. The van der Waals surface area contributed by atoms with E-state index in [-0.39, 0.29) is 17.8 Å². The molecule has 7 heteroatoms. The Balaban J connectivity index is 1.46. The summed E-state index contributed by atoms with van der Waals surface area (Å²) in [5.41, 5.74) is 4.77. The van der Waals surface area contributed by atoms with E-state index < -0.39 is 5.54 Å². The van der Waals surface area contributed by atoms with E-state index in [0.717, 1.165) is 52.4 Å². The lowest BCUT2D eigenvalue weighted by Gasteiger charge is -2.44. The average Bonchev–Trinajstić information content (AvgIpc) is 3.56. The van der Waals surface area contributed by atoms with Crippen LogP contribution in [0, 0.1) is 5.92 Å². The number of carbonyl (C=O) groups is 1. The molecule has 35 heavy (non-hydrogen) atoms. The number of halogens is 1. The Morgan fingerprint density at radius 2 is 2.09 bits per heavy atom. The van der Waals surface area contributed by atoms with Crippen LogP contribution in [-0.2, 0) is 6.42 Å². The lowest BCUT2D eigenvalue weighted by molar-refractivity contribution is 0.134. The smallest absolute Gasteiger partial charge is 0.325 e. The molecule has 1 saturated heterocycles. The van der Waals surface area contributed by atoms with Crippen molar-refractivity contribution >= 4 is 32.9 Å². The number of hydrogen-bond donors (Lipinski definition) is 3. The van der Waals surface area contributed by atoms with E-state index in [0.29, 0.717) is 6.54 Å². The third-order valence-corrected chi connectivity index (χ3v) is 8.36. The zero-order chi connectivity index (χ0) is 24.3. The second-order valence-corrected chi connectivity index (χ2v) is 11.2. The summed E-state index contributed by atoms with van der Waals surface area (Å²) in [6.07, 6.45) is 5.46. The largest absolute Gasteiger partial charge is 0.508 e. The molecule has 1 aromatic heterocycles. The van der Waals surface area contributed by atoms with Crippen molar-refractivity contribution in [3.63, 3.8) is 0 Å². The molecular formula is C28H31BrN4O2. The van der Waals surface area contributed by atoms with Gasteiger partial charge in [-0.25, -0.2) is 4.79 Å². The molecule has 3 heterocycles. The van der Waals surface area contributed by atoms with Crippen LogP contribution in [0.5, 0.6) is 5.75 Å². The highest BCUT2D eigenvalue weighted by Crippen LogP contribution is 2.52. The zero-order valence-electron chi connectivity index (χ0n) is 20.1. The second kappa shape index (κ2) is 8.42. The van der Waals surface area contributed by atoms with Crippen molar-refractivity contribution in [2.24, 2.45) is 5.92 Å². The van der Waals surface area contributed by atoms with Crippen LogP contribution in [0.1, 0.15) is 49.6 Å². The molecule has 3 aliphatic rings. The summed E-state index contributed by atoms with van der Waals surface area (Å²) in [5, 5.41) is 15.0. The van der Waals surface area contributed by atoms with Gasteiger partial charge in [-0.15, -0.1) is 0 Å². The van der Waals surface area contributed by atoms with E-state index in [1.54, 1.807) is 12.1 Å². The Hall–Kier alpha value is -2.77. The van der Waals surface area contributed by atoms with Crippen LogP contribution in [-0.4, -0.2) is 51.1 Å². The summed E-state index contributed by atoms with van der Waals surface area (Å²) in [6, 6.07) is 13.3. The Kier molecular flexibility index (Phi) is 5.45. The van der Waals surface area contributed by atoms with E-state index in [1.165, 1.54) is 23.8 Å². The summed E-state index contributed by atoms with van der Waals surface area (Å²) in [4.78, 5) is 21.7. The highest BCUT2D eigenvalue weighted by molar-refractivity contribution is 9.10. The predicted octanol–water partition coefficient (Wildman–Crippen LogP) is 5.68. The van der Waals surface area contributed by atoms with Crippen LogP contribution in [0.15, 0.2) is 58.7 Å². The Morgan fingerprint density at radius 1 is 1.26 bits per heavy atom. The number of amides is 2. The molecule has 2 atom stereocenters. The number of aromatic amines is 1. The van der Waals surface area contributed by atoms with Crippen LogP contribution < -0.4 is 5.32 Å². The molecule has 1 saturated carbocycles. The average molecular weight is 535 g/mol. The number of phenolic OH excluding ortho intramolecular Hbond substituents is 1. The van der Waals surface area contributed by atoms with Gasteiger partial charge in [0, 0.05) is 46.3 Å². The SMILES string of the molecule is C/C=C1\N(CCNCC2CC2)C(=O)N2[C@H](c3cccc(O)c3)c3[nH]c4ccc(Br)cc4c3C[C@@]12C. The van der Waals surface area contributed by atoms with Crippen molar-refractivity contribution < 1.29 is 9.90 Å². The van der Waals surface area contributed by atoms with Gasteiger partial charge in [0.1, 0.15) is 11.8 Å². The van der Waals surface area contributed by atoms with Gasteiger partial charge in [-0.05, 0) is 80.6 Å². The van der Waals surface area contributed by atoms with Gasteiger partial charge in [0.05, 0.1) is 5.54 Å². The Labute approximate surface area is 214 Å². The molecule has 0 spiro atoms. The fourth-order valence-electron chi connectivity index (χ4n) is 6.08. The number of phenols is 1. The fraction of sp³-hybridized carbons (Fsp3) is 0.393. The first-order valence-corrected chi connectivity index (χ1v) is 13.3. The van der Waals surface area contributed by atoms with E-state index in [4.69, 9.17) is 0 Å². The molecule has 2 amide bonds. The number of benzene rings is 2. The van der Waals surface area contributed by atoms with Gasteiger partial charge in [-0.2, -0.15) is 0 Å². The Bertz CT molecular complexity index is 1340. The van der Waals surface area contributed by atoms with Crippen molar-refractivity contribution in [3.05, 3.63) is 75.5 Å². The lowest BCUT2D eigenvalue weighted by Crippen LogP contribution is -2.51. The third-order valence-electron chi connectivity index (χ3n) is 7.87. The maximum absolute atomic E-state index is 14.1. The Morgan fingerprint density at radius 3 is 2.83 bits per heavy atom. The number of allylic oxidation sites excluding steroid dienone is 1. The van der Waals surface area contributed by atoms with Crippen molar-refractivity contribution in [2.75, 3.05) is 19.6 Å². The van der Waals surface area contributed by atoms with Crippen LogP contribution in [0.25, 0.3) is 10.9 Å². The van der Waals surface area contributed by atoms with Gasteiger partial charge in [0.2, 0.25) is 0 Å². The van der Waals surface area contributed by atoms with Gasteiger partial charge in [0.25, 0.3) is 0 Å². The number of nitrogens with one attached hydrogen (secondary N) is 2. The van der Waals surface area contributed by atoms with Gasteiger partial charge in [-0.3, -0.25) is 4.90 Å². The fourth-order valence-corrected chi connectivity index (χ4v) is 6.44. The van der Waals surface area contributed by atoms with Crippen LogP contribution in [0.2, 0.25) is 0 Å². The van der Waals surface area contributed by atoms with Crippen LogP contribution >= 0.6 is 15.9 Å². The normalized spacial score (nSPS) is 24.9. The van der Waals surface area contributed by atoms with Gasteiger partial charge < -0.3 is 20.3 Å². The molecule has 0 bridgehead atoms. The quantitative estimate of drug-likeness (QED) is 0.356. The first-order chi connectivity index (χ1) is 16.9. The molecule has 2 aliphatic heterocycles. The van der Waals surface area contributed by atoms with E-state index >= 15 is 0 Å². The van der Waals surface area contributed by atoms with Gasteiger partial charge in [0.15, 0.2) is 0 Å². The molecule has 6 rings (SSSR count). The summed E-state index contributed by atoms with van der Waals surface area (Å²) in [6.45, 7) is 6.68. The van der Waals surface area contributed by atoms with Crippen molar-refractivity contribution in [1.29, 1.82) is 0 Å². The highest BCUT2D eigenvalue weighted by Gasteiger charge is 2.57. The molecular weight excluding hydrogens is 504 g/mol. The minimum Gasteiger partial charge on any atom is -0.508 e. The first kappa shape index (κ1) is 22.7. The summed E-state index contributed by atoms with van der Waals surface area (Å²) in [7, 11) is 0. The van der Waals surface area contributed by atoms with Gasteiger partial charge >= 0.3 is 6.03 Å². The summed E-state index contributed by atoms with van der Waals surface area (Å²) >= 11 is 3.64. The number of carbonyl (C=O) groups excluding carboxylic acids is 1. The molecule has 3 aromatic rings. The topological polar surface area (TPSA) is 71.6 Å². The summed E-state index contributed by atoms with van der Waals surface area (Å²) in [5.74, 6) is 1.01. The number of aromatic nitrogens is 1. The number of H-pyrrole nitrogens is 1. The van der Waals surface area contributed by atoms with E-state index in [2.05, 4.69) is 51.4 Å². The van der Waals surface area contributed by atoms with Crippen LogP contribution in [0.4, 0.5) is 4.79 Å². The number of urea groups is 1. The molecule has 0 unspecified atom stereocenters. The number of hydrogen-bond acceptors (Lipinski definition) is 3. The van der Waals surface area contributed by atoms with Crippen LogP contribution in [0.3, 0.4) is 0 Å².